The number of aliphatic hydroxyl groups excluding tert-OH is 1. The summed E-state index contributed by atoms with van der Waals surface area (Å²) in [5.41, 5.74) is 2.37. The van der Waals surface area contributed by atoms with E-state index >= 15 is 0 Å². The summed E-state index contributed by atoms with van der Waals surface area (Å²) >= 11 is 6.20. The van der Waals surface area contributed by atoms with E-state index in [1.165, 1.54) is 18.5 Å². The van der Waals surface area contributed by atoms with Crippen LogP contribution in [0.25, 0.3) is 0 Å². The van der Waals surface area contributed by atoms with Crippen LogP contribution in [0.2, 0.25) is 5.02 Å². The van der Waals surface area contributed by atoms with Gasteiger partial charge in [-0.25, -0.2) is 0 Å². The number of benzene rings is 1. The molecule has 2 aliphatic heterocycles. The highest BCUT2D eigenvalue weighted by atomic mass is 35.5. The fourth-order valence-electron chi connectivity index (χ4n) is 3.05. The van der Waals surface area contributed by atoms with Crippen molar-refractivity contribution in [1.29, 1.82) is 0 Å². The van der Waals surface area contributed by atoms with E-state index in [1.807, 2.05) is 6.92 Å². The molecule has 0 unspecified atom stereocenters. The predicted molar refractivity (Wildman–Crippen MR) is 79.0 cm³/mol. The van der Waals surface area contributed by atoms with Gasteiger partial charge in [0.15, 0.2) is 0 Å². The molecule has 0 radical (unpaired) electrons. The third kappa shape index (κ3) is 2.73. The molecule has 2 saturated heterocycles. The monoisotopic (exact) mass is 280 g/mol. The van der Waals surface area contributed by atoms with Gasteiger partial charge in [-0.05, 0) is 37.5 Å². The van der Waals surface area contributed by atoms with Crippen LogP contribution in [-0.2, 0) is 0 Å². The van der Waals surface area contributed by atoms with Crippen LogP contribution in [0.15, 0.2) is 18.2 Å². The van der Waals surface area contributed by atoms with E-state index in [2.05, 4.69) is 28.0 Å². The van der Waals surface area contributed by atoms with Crippen LogP contribution in [0.3, 0.4) is 0 Å². The van der Waals surface area contributed by atoms with Crippen molar-refractivity contribution in [2.45, 2.75) is 31.9 Å². The molecule has 1 aromatic rings. The van der Waals surface area contributed by atoms with Crippen LogP contribution in [0.1, 0.15) is 18.4 Å². The van der Waals surface area contributed by atoms with Gasteiger partial charge in [0.2, 0.25) is 0 Å². The average molecular weight is 281 g/mol. The summed E-state index contributed by atoms with van der Waals surface area (Å²) in [4.78, 5) is 4.82. The first-order chi connectivity index (χ1) is 9.13. The Morgan fingerprint density at radius 2 is 1.89 bits per heavy atom. The topological polar surface area (TPSA) is 26.7 Å². The number of hydrogen-bond donors (Lipinski definition) is 1. The second-order valence-electron chi connectivity index (χ2n) is 5.76. The van der Waals surface area contributed by atoms with E-state index in [4.69, 9.17) is 11.6 Å². The zero-order chi connectivity index (χ0) is 13.4. The van der Waals surface area contributed by atoms with Gasteiger partial charge in [0.1, 0.15) is 0 Å². The number of nitrogens with zero attached hydrogens (tertiary/aromatic N) is 2. The molecule has 0 aromatic heterocycles. The summed E-state index contributed by atoms with van der Waals surface area (Å²) in [6.45, 7) is 5.92. The molecule has 0 aliphatic carbocycles. The Morgan fingerprint density at radius 3 is 2.47 bits per heavy atom. The van der Waals surface area contributed by atoms with Crippen molar-refractivity contribution in [2.75, 3.05) is 31.1 Å². The van der Waals surface area contributed by atoms with Crippen LogP contribution in [0.4, 0.5) is 5.69 Å². The third-order valence-electron chi connectivity index (χ3n) is 4.39. The van der Waals surface area contributed by atoms with Crippen molar-refractivity contribution in [3.05, 3.63) is 28.8 Å². The summed E-state index contributed by atoms with van der Waals surface area (Å²) in [5.74, 6) is 0. The van der Waals surface area contributed by atoms with Gasteiger partial charge in [-0.2, -0.15) is 0 Å². The van der Waals surface area contributed by atoms with Gasteiger partial charge in [0.25, 0.3) is 0 Å². The second-order valence-corrected chi connectivity index (χ2v) is 6.17. The fraction of sp³-hybridized carbons (Fsp3) is 0.600. The summed E-state index contributed by atoms with van der Waals surface area (Å²) in [7, 11) is 0. The summed E-state index contributed by atoms with van der Waals surface area (Å²) in [5, 5.41) is 10.2. The number of likely N-dealkylation sites (tertiary alicyclic amines) is 1. The van der Waals surface area contributed by atoms with Crippen molar-refractivity contribution < 1.29 is 5.11 Å². The normalized spacial score (nSPS) is 22.6. The number of hydrogen-bond acceptors (Lipinski definition) is 3. The molecule has 2 heterocycles. The summed E-state index contributed by atoms with van der Waals surface area (Å²) in [6, 6.07) is 6.98. The van der Waals surface area contributed by atoms with E-state index in [0.717, 1.165) is 36.8 Å². The van der Waals surface area contributed by atoms with E-state index in [1.54, 1.807) is 0 Å². The van der Waals surface area contributed by atoms with Crippen LogP contribution >= 0.6 is 11.6 Å². The predicted octanol–water partition coefficient (Wildman–Crippen LogP) is 2.29. The first-order valence-corrected chi connectivity index (χ1v) is 7.44. The van der Waals surface area contributed by atoms with Gasteiger partial charge in [-0.15, -0.1) is 0 Å². The molecule has 104 valence electrons. The third-order valence-corrected chi connectivity index (χ3v) is 4.80. The Hall–Kier alpha value is -0.770. The Kier molecular flexibility index (Phi) is 3.70. The molecule has 3 rings (SSSR count). The molecule has 19 heavy (non-hydrogen) atoms. The highest BCUT2D eigenvalue weighted by Gasteiger charge is 2.32. The van der Waals surface area contributed by atoms with Gasteiger partial charge >= 0.3 is 0 Å². The molecule has 0 atom stereocenters. The number of piperidine rings is 1. The van der Waals surface area contributed by atoms with Gasteiger partial charge in [0.05, 0.1) is 6.10 Å². The minimum Gasteiger partial charge on any atom is -0.390 e. The van der Waals surface area contributed by atoms with Crippen LogP contribution < -0.4 is 4.90 Å². The molecule has 0 saturated carbocycles. The summed E-state index contributed by atoms with van der Waals surface area (Å²) in [6.07, 6.45) is 2.27. The maximum atomic E-state index is 9.37. The van der Waals surface area contributed by atoms with Crippen LogP contribution in [0.5, 0.6) is 0 Å². The molecule has 1 N–H and O–H groups in total. The number of anilines is 1. The maximum Gasteiger partial charge on any atom is 0.0794 e. The van der Waals surface area contributed by atoms with Crippen molar-refractivity contribution in [2.24, 2.45) is 0 Å². The molecule has 4 heteroatoms. The van der Waals surface area contributed by atoms with Gasteiger partial charge in [-0.1, -0.05) is 17.7 Å². The molecule has 0 amide bonds. The zero-order valence-corrected chi connectivity index (χ0v) is 12.1. The molecule has 0 bridgehead atoms. The minimum atomic E-state index is -0.0889. The van der Waals surface area contributed by atoms with Crippen molar-refractivity contribution >= 4 is 17.3 Å². The first kappa shape index (κ1) is 13.2. The molecule has 2 fully saturated rings. The quantitative estimate of drug-likeness (QED) is 0.900. The molecule has 2 aliphatic rings. The maximum absolute atomic E-state index is 9.37. The number of halogens is 1. The lowest BCUT2D eigenvalue weighted by molar-refractivity contribution is -0.0300. The van der Waals surface area contributed by atoms with Gasteiger partial charge in [-0.3, -0.25) is 4.90 Å². The second kappa shape index (κ2) is 5.31. The van der Waals surface area contributed by atoms with E-state index in [9.17, 15) is 5.11 Å². The lowest BCUT2D eigenvalue weighted by atomic mass is 9.98. The number of aryl methyl sites for hydroxylation is 1. The van der Waals surface area contributed by atoms with Crippen LogP contribution in [-0.4, -0.2) is 48.3 Å². The molecular weight excluding hydrogens is 260 g/mol. The van der Waals surface area contributed by atoms with Crippen LogP contribution in [0, 0.1) is 6.92 Å². The lowest BCUT2D eigenvalue weighted by Crippen LogP contribution is -2.57. The molecule has 3 nitrogen and oxygen atoms in total. The fourth-order valence-corrected chi connectivity index (χ4v) is 3.23. The minimum absolute atomic E-state index is 0.0889. The Morgan fingerprint density at radius 1 is 1.21 bits per heavy atom. The van der Waals surface area contributed by atoms with Crippen molar-refractivity contribution in [3.8, 4) is 0 Å². The molecule has 1 aromatic carbocycles. The molecular formula is C15H21ClN2O. The number of β-amino-alcohol motifs (C(OH)–C–C–N with tert-alkyl or cyclic N) is 1. The largest absolute Gasteiger partial charge is 0.390 e. The average Bonchev–Trinajstić information content (AvgIpc) is 2.39. The zero-order valence-electron chi connectivity index (χ0n) is 11.3. The van der Waals surface area contributed by atoms with Crippen molar-refractivity contribution in [3.63, 3.8) is 0 Å². The smallest absolute Gasteiger partial charge is 0.0794 e. The Labute approximate surface area is 119 Å². The number of aliphatic hydroxyl groups is 1. The molecule has 0 spiro atoms. The van der Waals surface area contributed by atoms with Crippen molar-refractivity contribution in [1.82, 2.24) is 4.90 Å². The lowest BCUT2D eigenvalue weighted by Gasteiger charge is -2.45. The Balaban J connectivity index is 1.59. The van der Waals surface area contributed by atoms with Gasteiger partial charge in [0, 0.05) is 42.9 Å². The Bertz CT molecular complexity index is 451. The van der Waals surface area contributed by atoms with E-state index in [0.29, 0.717) is 6.04 Å². The first-order valence-electron chi connectivity index (χ1n) is 7.06. The highest BCUT2D eigenvalue weighted by molar-refractivity contribution is 6.31. The highest BCUT2D eigenvalue weighted by Crippen LogP contribution is 2.28. The summed E-state index contributed by atoms with van der Waals surface area (Å²) < 4.78 is 0. The number of rotatable bonds is 2. The standard InChI is InChI=1S/C15H21ClN2O/c1-11-2-3-13(8-15(11)16)17-6-4-12(5-7-17)18-9-14(19)10-18/h2-3,8,12,14,19H,4-7,9-10H2,1H3. The van der Waals surface area contributed by atoms with Gasteiger partial charge < -0.3 is 10.0 Å². The van der Waals surface area contributed by atoms with E-state index in [-0.39, 0.29) is 6.10 Å². The van der Waals surface area contributed by atoms with E-state index < -0.39 is 0 Å². The SMILES string of the molecule is Cc1ccc(N2CCC(N3CC(O)C3)CC2)cc1Cl.